The first-order valence-corrected chi connectivity index (χ1v) is 5.14. The van der Waals surface area contributed by atoms with Gasteiger partial charge in [0.25, 0.3) is 5.69 Å². The number of nitrogens with one attached hydrogen (secondary N) is 1. The second-order valence-corrected chi connectivity index (χ2v) is 3.55. The molecule has 0 fully saturated rings. The Morgan fingerprint density at radius 3 is 2.00 bits per heavy atom. The normalized spacial score (nSPS) is 10.4. The number of nitrogen functional groups attached to an aromatic ring is 1. The van der Waals surface area contributed by atoms with E-state index < -0.39 is 30.4 Å². The van der Waals surface area contributed by atoms with Gasteiger partial charge in [0.2, 0.25) is 0 Å². The summed E-state index contributed by atoms with van der Waals surface area (Å²) < 4.78 is 0. The first-order chi connectivity index (χ1) is 8.53. The lowest BCUT2D eigenvalue weighted by molar-refractivity contribution is -0.386. The molecule has 0 unspecified atom stereocenters. The lowest BCUT2D eigenvalue weighted by Gasteiger charge is -2.17. The maximum Gasteiger partial charge on any atom is 0.282 e. The monoisotopic (exact) mass is 257 g/mol. The Balaban J connectivity index is 3.79. The van der Waals surface area contributed by atoms with E-state index in [-0.39, 0.29) is 28.1 Å². The van der Waals surface area contributed by atoms with Crippen LogP contribution < -0.4 is 11.1 Å². The van der Waals surface area contributed by atoms with Crippen LogP contribution in [0.15, 0.2) is 0 Å². The maximum atomic E-state index is 11.0. The zero-order chi connectivity index (χ0) is 13.9. The molecule has 0 aliphatic rings. The summed E-state index contributed by atoms with van der Waals surface area (Å²) in [4.78, 5) is 10.3. The predicted molar refractivity (Wildman–Crippen MR) is 64.8 cm³/mol. The smallest absolute Gasteiger partial charge is 0.282 e. The number of hydrogen-bond donors (Lipinski definition) is 5. The summed E-state index contributed by atoms with van der Waals surface area (Å²) in [5, 5.41) is 41.4. The Hall–Kier alpha value is -1.90. The maximum absolute atomic E-state index is 11.0. The molecular weight excluding hydrogens is 242 g/mol. The first kappa shape index (κ1) is 14.2. The molecule has 0 bridgehead atoms. The van der Waals surface area contributed by atoms with E-state index in [0.717, 1.165) is 0 Å². The number of rotatable bonds is 5. The molecule has 100 valence electrons. The second-order valence-electron chi connectivity index (χ2n) is 3.55. The van der Waals surface area contributed by atoms with Gasteiger partial charge in [-0.25, -0.2) is 0 Å². The molecular formula is C10H15N3O5. The molecule has 6 N–H and O–H groups in total. The number of benzene rings is 1. The average Bonchev–Trinajstić information content (AvgIpc) is 2.36. The van der Waals surface area contributed by atoms with Crippen LogP contribution in [0.25, 0.3) is 0 Å². The lowest BCUT2D eigenvalue weighted by atomic mass is 9.97. The fourth-order valence-corrected chi connectivity index (χ4v) is 1.93. The Kier molecular flexibility index (Phi) is 4.43. The molecule has 0 aromatic heterocycles. The van der Waals surface area contributed by atoms with E-state index in [1.165, 1.54) is 7.05 Å². The van der Waals surface area contributed by atoms with Crippen molar-refractivity contribution in [2.75, 3.05) is 18.1 Å². The van der Waals surface area contributed by atoms with Gasteiger partial charge in [-0.15, -0.1) is 0 Å². The van der Waals surface area contributed by atoms with Crippen LogP contribution in [0.2, 0.25) is 0 Å². The quantitative estimate of drug-likeness (QED) is 0.277. The fraction of sp³-hybridized carbons (Fsp3) is 0.400. The minimum absolute atomic E-state index is 0.00653. The largest absolute Gasteiger partial charge is 0.397 e. The third-order valence-electron chi connectivity index (χ3n) is 2.74. The van der Waals surface area contributed by atoms with E-state index in [2.05, 4.69) is 5.32 Å². The number of hydrogen-bond acceptors (Lipinski definition) is 7. The average molecular weight is 257 g/mol. The number of aliphatic hydroxyl groups excluding tert-OH is 3. The first-order valence-electron chi connectivity index (χ1n) is 5.14. The van der Waals surface area contributed by atoms with Crippen molar-refractivity contribution in [1.82, 2.24) is 0 Å². The molecule has 8 heteroatoms. The molecule has 0 aliphatic heterocycles. The van der Waals surface area contributed by atoms with Crippen molar-refractivity contribution in [1.29, 1.82) is 0 Å². The van der Waals surface area contributed by atoms with Crippen molar-refractivity contribution in [3.8, 4) is 0 Å². The summed E-state index contributed by atoms with van der Waals surface area (Å²) in [5.41, 5.74) is 5.56. The van der Waals surface area contributed by atoms with E-state index in [9.17, 15) is 25.4 Å². The molecule has 0 radical (unpaired) electrons. The third-order valence-corrected chi connectivity index (χ3v) is 2.74. The van der Waals surface area contributed by atoms with Crippen LogP contribution in [0, 0.1) is 10.1 Å². The second kappa shape index (κ2) is 5.63. The van der Waals surface area contributed by atoms with Gasteiger partial charge in [0.05, 0.1) is 47.2 Å². The van der Waals surface area contributed by atoms with Gasteiger partial charge in [0.1, 0.15) is 0 Å². The van der Waals surface area contributed by atoms with Crippen molar-refractivity contribution < 1.29 is 20.2 Å². The van der Waals surface area contributed by atoms with Crippen molar-refractivity contribution in [2.45, 2.75) is 19.8 Å². The van der Waals surface area contributed by atoms with Gasteiger partial charge in [-0.2, -0.15) is 0 Å². The standard InChI is InChI=1S/C10H15N3O5/c1-12-9-5(2-14)6(3-15)10(13(17)18)7(4-16)8(9)11/h12,14-16H,2-4,11H2,1H3. The summed E-state index contributed by atoms with van der Waals surface area (Å²) >= 11 is 0. The number of aliphatic hydroxyl groups is 3. The van der Waals surface area contributed by atoms with Gasteiger partial charge < -0.3 is 26.4 Å². The van der Waals surface area contributed by atoms with E-state index in [1.807, 2.05) is 0 Å². The van der Waals surface area contributed by atoms with Gasteiger partial charge in [0.15, 0.2) is 0 Å². The predicted octanol–water partition coefficient (Wildman–Crippen LogP) is -0.304. The van der Waals surface area contributed by atoms with Crippen molar-refractivity contribution in [3.05, 3.63) is 26.8 Å². The van der Waals surface area contributed by atoms with Crippen LogP contribution in [0.3, 0.4) is 0 Å². The van der Waals surface area contributed by atoms with Crippen LogP contribution in [-0.4, -0.2) is 27.3 Å². The van der Waals surface area contributed by atoms with Gasteiger partial charge in [-0.1, -0.05) is 0 Å². The van der Waals surface area contributed by atoms with Crippen LogP contribution in [0.4, 0.5) is 17.1 Å². The highest BCUT2D eigenvalue weighted by molar-refractivity contribution is 5.80. The van der Waals surface area contributed by atoms with Crippen LogP contribution in [0.5, 0.6) is 0 Å². The summed E-state index contributed by atoms with van der Waals surface area (Å²) in [7, 11) is 1.53. The molecule has 0 saturated heterocycles. The highest BCUT2D eigenvalue weighted by Crippen LogP contribution is 2.39. The molecule has 0 heterocycles. The van der Waals surface area contributed by atoms with Crippen LogP contribution >= 0.6 is 0 Å². The molecule has 18 heavy (non-hydrogen) atoms. The number of nitrogens with two attached hydrogens (primary N) is 1. The van der Waals surface area contributed by atoms with Gasteiger partial charge in [-0.05, 0) is 0 Å². The zero-order valence-electron chi connectivity index (χ0n) is 9.80. The summed E-state index contributed by atoms with van der Waals surface area (Å²) in [6.07, 6.45) is 0. The Labute approximate surface area is 103 Å². The minimum Gasteiger partial charge on any atom is -0.397 e. The zero-order valence-corrected chi connectivity index (χ0v) is 9.80. The summed E-state index contributed by atoms with van der Waals surface area (Å²) in [6.45, 7) is -1.77. The lowest BCUT2D eigenvalue weighted by Crippen LogP contribution is -2.12. The summed E-state index contributed by atoms with van der Waals surface area (Å²) in [5.74, 6) is 0. The topological polar surface area (TPSA) is 142 Å². The van der Waals surface area contributed by atoms with Gasteiger partial charge in [-0.3, -0.25) is 10.1 Å². The highest BCUT2D eigenvalue weighted by Gasteiger charge is 2.28. The van der Waals surface area contributed by atoms with E-state index in [4.69, 9.17) is 5.73 Å². The van der Waals surface area contributed by atoms with E-state index in [1.54, 1.807) is 0 Å². The van der Waals surface area contributed by atoms with Crippen molar-refractivity contribution in [3.63, 3.8) is 0 Å². The van der Waals surface area contributed by atoms with E-state index in [0.29, 0.717) is 0 Å². The molecule has 0 spiro atoms. The summed E-state index contributed by atoms with van der Waals surface area (Å²) in [6, 6.07) is 0. The molecule has 0 saturated carbocycles. The molecule has 1 rings (SSSR count). The molecule has 1 aromatic rings. The fourth-order valence-electron chi connectivity index (χ4n) is 1.93. The van der Waals surface area contributed by atoms with Crippen LogP contribution in [-0.2, 0) is 19.8 Å². The third kappa shape index (κ3) is 2.08. The minimum atomic E-state index is -0.730. The SMILES string of the molecule is CNc1c(N)c(CO)c([N+](=O)[O-])c(CO)c1CO. The van der Waals surface area contributed by atoms with E-state index >= 15 is 0 Å². The number of nitro benzene ring substituents is 1. The Morgan fingerprint density at radius 1 is 1.17 bits per heavy atom. The van der Waals surface area contributed by atoms with Gasteiger partial charge >= 0.3 is 0 Å². The highest BCUT2D eigenvalue weighted by atomic mass is 16.6. The Morgan fingerprint density at radius 2 is 1.67 bits per heavy atom. The van der Waals surface area contributed by atoms with Crippen LogP contribution in [0.1, 0.15) is 16.7 Å². The number of nitro groups is 1. The molecule has 1 aromatic carbocycles. The van der Waals surface area contributed by atoms with Gasteiger partial charge in [0, 0.05) is 12.6 Å². The molecule has 0 atom stereocenters. The number of anilines is 2. The molecule has 8 nitrogen and oxygen atoms in total. The number of nitrogens with zero attached hydrogens (tertiary/aromatic N) is 1. The van der Waals surface area contributed by atoms with Crippen molar-refractivity contribution >= 4 is 17.1 Å². The Bertz CT molecular complexity index is 475. The van der Waals surface area contributed by atoms with Crippen molar-refractivity contribution in [2.24, 2.45) is 0 Å². The molecule has 0 amide bonds. The molecule has 0 aliphatic carbocycles.